The van der Waals surface area contributed by atoms with Gasteiger partial charge in [0.25, 0.3) is 0 Å². The molecule has 84 valence electrons. The monoisotopic (exact) mass is 202 g/mol. The van der Waals surface area contributed by atoms with Crippen LogP contribution in [0.2, 0.25) is 0 Å². The molecule has 1 aliphatic heterocycles. The summed E-state index contributed by atoms with van der Waals surface area (Å²) in [5.41, 5.74) is 0. The molecule has 0 aromatic carbocycles. The predicted molar refractivity (Wildman–Crippen MR) is 56.4 cm³/mol. The minimum Gasteiger partial charge on any atom is -0.394 e. The van der Waals surface area contributed by atoms with Crippen molar-refractivity contribution in [3.05, 3.63) is 0 Å². The molecule has 2 N–H and O–H groups in total. The summed E-state index contributed by atoms with van der Waals surface area (Å²) in [5.74, 6) is 0. The number of ether oxygens (including phenoxy) is 1. The second-order valence-corrected chi connectivity index (χ2v) is 3.65. The molecule has 0 spiro atoms. The van der Waals surface area contributed by atoms with Gasteiger partial charge in [0.1, 0.15) is 0 Å². The third kappa shape index (κ3) is 3.92. The third-order valence-corrected chi connectivity index (χ3v) is 2.69. The van der Waals surface area contributed by atoms with E-state index in [1.165, 1.54) is 0 Å². The van der Waals surface area contributed by atoms with Crippen LogP contribution in [-0.2, 0) is 4.74 Å². The molecule has 0 aromatic heterocycles. The molecule has 0 aromatic rings. The Balaban J connectivity index is 2.21. The number of nitrogens with one attached hydrogen (secondary N) is 1. The number of hydrogen-bond acceptors (Lipinski definition) is 4. The number of piperazine rings is 1. The van der Waals surface area contributed by atoms with Crippen molar-refractivity contribution in [1.29, 1.82) is 0 Å². The van der Waals surface area contributed by atoms with Gasteiger partial charge in [0.15, 0.2) is 0 Å². The van der Waals surface area contributed by atoms with E-state index in [1.54, 1.807) is 0 Å². The lowest BCUT2D eigenvalue weighted by molar-refractivity contribution is 0.0346. The summed E-state index contributed by atoms with van der Waals surface area (Å²) >= 11 is 0. The van der Waals surface area contributed by atoms with Crippen LogP contribution >= 0.6 is 0 Å². The Bertz CT molecular complexity index is 138. The van der Waals surface area contributed by atoms with Gasteiger partial charge in [0.2, 0.25) is 0 Å². The molecule has 4 heteroatoms. The maximum Gasteiger partial charge on any atom is 0.0698 e. The minimum atomic E-state index is 0.123. The van der Waals surface area contributed by atoms with Crippen LogP contribution in [0.4, 0.5) is 0 Å². The van der Waals surface area contributed by atoms with Crippen LogP contribution in [0.5, 0.6) is 0 Å². The van der Waals surface area contributed by atoms with Gasteiger partial charge in [-0.3, -0.25) is 4.90 Å². The van der Waals surface area contributed by atoms with Gasteiger partial charge in [0, 0.05) is 32.2 Å². The highest BCUT2D eigenvalue weighted by Gasteiger charge is 2.18. The first-order valence-corrected chi connectivity index (χ1v) is 5.51. The quantitative estimate of drug-likeness (QED) is 0.579. The minimum absolute atomic E-state index is 0.123. The SMILES string of the molecule is CCC(COCCO)N1CCNCC1. The molecule has 0 aliphatic carbocycles. The van der Waals surface area contributed by atoms with Crippen LogP contribution in [-0.4, -0.2) is 62.0 Å². The van der Waals surface area contributed by atoms with E-state index in [1.807, 2.05) is 0 Å². The molecular formula is C10H22N2O2. The number of aliphatic hydroxyl groups excluding tert-OH is 1. The lowest BCUT2D eigenvalue weighted by Gasteiger charge is -2.34. The zero-order valence-corrected chi connectivity index (χ0v) is 9.04. The highest BCUT2D eigenvalue weighted by molar-refractivity contribution is 4.75. The second-order valence-electron chi connectivity index (χ2n) is 3.65. The van der Waals surface area contributed by atoms with Crippen LogP contribution in [0.15, 0.2) is 0 Å². The van der Waals surface area contributed by atoms with Gasteiger partial charge in [0.05, 0.1) is 19.8 Å². The van der Waals surface area contributed by atoms with Crippen LogP contribution in [0, 0.1) is 0 Å². The standard InChI is InChI=1S/C10H22N2O2/c1-2-10(9-14-8-7-13)12-5-3-11-4-6-12/h10-11,13H,2-9H2,1H3. The molecule has 1 rings (SSSR count). The Morgan fingerprint density at radius 3 is 2.71 bits per heavy atom. The first kappa shape index (κ1) is 11.9. The van der Waals surface area contributed by atoms with Crippen molar-refractivity contribution >= 4 is 0 Å². The normalized spacial score (nSPS) is 21.0. The smallest absolute Gasteiger partial charge is 0.0698 e. The molecule has 4 nitrogen and oxygen atoms in total. The Hall–Kier alpha value is -0.160. The molecule has 1 saturated heterocycles. The molecule has 1 fully saturated rings. The lowest BCUT2D eigenvalue weighted by atomic mass is 10.2. The predicted octanol–water partition coefficient (Wildman–Crippen LogP) is -0.321. The fourth-order valence-corrected chi connectivity index (χ4v) is 1.81. The molecule has 0 amide bonds. The van der Waals surface area contributed by atoms with E-state index in [2.05, 4.69) is 17.1 Å². The van der Waals surface area contributed by atoms with E-state index in [9.17, 15) is 0 Å². The second kappa shape index (κ2) is 7.17. The highest BCUT2D eigenvalue weighted by atomic mass is 16.5. The van der Waals surface area contributed by atoms with Crippen molar-refractivity contribution in [3.8, 4) is 0 Å². The summed E-state index contributed by atoms with van der Waals surface area (Å²) in [7, 11) is 0. The van der Waals surface area contributed by atoms with Crippen LogP contribution in [0.1, 0.15) is 13.3 Å². The van der Waals surface area contributed by atoms with Gasteiger partial charge < -0.3 is 15.2 Å². The van der Waals surface area contributed by atoms with Crippen LogP contribution in [0.3, 0.4) is 0 Å². The highest BCUT2D eigenvalue weighted by Crippen LogP contribution is 2.05. The number of hydrogen-bond donors (Lipinski definition) is 2. The first-order valence-electron chi connectivity index (χ1n) is 5.51. The van der Waals surface area contributed by atoms with Crippen molar-refractivity contribution in [2.45, 2.75) is 19.4 Å². The molecule has 0 bridgehead atoms. The molecule has 1 atom stereocenters. The van der Waals surface area contributed by atoms with Gasteiger partial charge in [-0.2, -0.15) is 0 Å². The topological polar surface area (TPSA) is 44.7 Å². The molecule has 1 aliphatic rings. The van der Waals surface area contributed by atoms with Crippen molar-refractivity contribution in [1.82, 2.24) is 10.2 Å². The van der Waals surface area contributed by atoms with E-state index in [0.29, 0.717) is 12.6 Å². The molecule has 1 unspecified atom stereocenters. The van der Waals surface area contributed by atoms with Gasteiger partial charge >= 0.3 is 0 Å². The maximum atomic E-state index is 8.61. The summed E-state index contributed by atoms with van der Waals surface area (Å²) in [4.78, 5) is 2.47. The Kier molecular flexibility index (Phi) is 6.10. The largest absolute Gasteiger partial charge is 0.394 e. The number of rotatable bonds is 6. The first-order chi connectivity index (χ1) is 6.88. The van der Waals surface area contributed by atoms with Gasteiger partial charge in [-0.1, -0.05) is 6.92 Å². The average Bonchev–Trinajstić information content (AvgIpc) is 2.26. The van der Waals surface area contributed by atoms with E-state index in [0.717, 1.165) is 39.2 Å². The van der Waals surface area contributed by atoms with E-state index < -0.39 is 0 Å². The van der Waals surface area contributed by atoms with E-state index in [4.69, 9.17) is 9.84 Å². The van der Waals surface area contributed by atoms with Crippen molar-refractivity contribution in [3.63, 3.8) is 0 Å². The van der Waals surface area contributed by atoms with Crippen molar-refractivity contribution in [2.75, 3.05) is 46.0 Å². The van der Waals surface area contributed by atoms with E-state index >= 15 is 0 Å². The van der Waals surface area contributed by atoms with Gasteiger partial charge in [-0.15, -0.1) is 0 Å². The summed E-state index contributed by atoms with van der Waals surface area (Å²) in [6.45, 7) is 7.90. The molecule has 0 radical (unpaired) electrons. The summed E-state index contributed by atoms with van der Waals surface area (Å²) in [6.07, 6.45) is 1.12. The number of aliphatic hydroxyl groups is 1. The Morgan fingerprint density at radius 1 is 1.43 bits per heavy atom. The summed E-state index contributed by atoms with van der Waals surface area (Å²) in [5, 5.41) is 12.0. The van der Waals surface area contributed by atoms with E-state index in [-0.39, 0.29) is 6.61 Å². The van der Waals surface area contributed by atoms with Crippen LogP contribution in [0.25, 0.3) is 0 Å². The molecule has 0 saturated carbocycles. The van der Waals surface area contributed by atoms with Crippen LogP contribution < -0.4 is 5.32 Å². The third-order valence-electron chi connectivity index (χ3n) is 2.69. The van der Waals surface area contributed by atoms with Crippen molar-refractivity contribution in [2.24, 2.45) is 0 Å². The maximum absolute atomic E-state index is 8.61. The summed E-state index contributed by atoms with van der Waals surface area (Å²) < 4.78 is 5.38. The van der Waals surface area contributed by atoms with Crippen molar-refractivity contribution < 1.29 is 9.84 Å². The van der Waals surface area contributed by atoms with Gasteiger partial charge in [-0.25, -0.2) is 0 Å². The average molecular weight is 202 g/mol. The molecule has 14 heavy (non-hydrogen) atoms. The Labute approximate surface area is 86.2 Å². The molecular weight excluding hydrogens is 180 g/mol. The lowest BCUT2D eigenvalue weighted by Crippen LogP contribution is -2.49. The fourth-order valence-electron chi connectivity index (χ4n) is 1.81. The zero-order chi connectivity index (χ0) is 10.2. The fraction of sp³-hybridized carbons (Fsp3) is 1.00. The zero-order valence-electron chi connectivity index (χ0n) is 9.04. The Morgan fingerprint density at radius 2 is 2.14 bits per heavy atom. The summed E-state index contributed by atoms with van der Waals surface area (Å²) in [6, 6.07) is 0.517. The van der Waals surface area contributed by atoms with Gasteiger partial charge in [-0.05, 0) is 6.42 Å². The molecule has 1 heterocycles. The number of nitrogens with zero attached hydrogens (tertiary/aromatic N) is 1.